The summed E-state index contributed by atoms with van der Waals surface area (Å²) in [4.78, 5) is 28.4. The van der Waals surface area contributed by atoms with Gasteiger partial charge in [0.25, 0.3) is 0 Å². The van der Waals surface area contributed by atoms with Crippen molar-refractivity contribution >= 4 is 11.9 Å². The lowest BCUT2D eigenvalue weighted by Crippen LogP contribution is -2.42. The van der Waals surface area contributed by atoms with Crippen LogP contribution < -0.4 is 10.6 Å². The van der Waals surface area contributed by atoms with Crippen LogP contribution in [0.25, 0.3) is 11.4 Å². The van der Waals surface area contributed by atoms with Crippen molar-refractivity contribution in [2.24, 2.45) is 5.73 Å². The lowest BCUT2D eigenvalue weighted by atomic mass is 10.2. The van der Waals surface area contributed by atoms with Gasteiger partial charge >= 0.3 is 6.18 Å². The number of rotatable bonds is 4. The van der Waals surface area contributed by atoms with E-state index in [1.807, 2.05) is 0 Å². The normalized spacial score (nSPS) is 17.7. The Kier molecular flexibility index (Phi) is 4.51. The maximum Gasteiger partial charge on any atom is 0.408 e. The van der Waals surface area contributed by atoms with Crippen molar-refractivity contribution < 1.29 is 18.0 Å². The Hall–Kier alpha value is -2.78. The molecule has 25 heavy (non-hydrogen) atoms. The second-order valence-corrected chi connectivity index (χ2v) is 5.68. The monoisotopic (exact) mass is 352 g/mol. The van der Waals surface area contributed by atoms with E-state index in [0.717, 1.165) is 4.90 Å². The van der Waals surface area contributed by atoms with E-state index in [-0.39, 0.29) is 31.2 Å². The largest absolute Gasteiger partial charge is 0.408 e. The number of aromatic nitrogens is 4. The minimum absolute atomic E-state index is 0.0249. The van der Waals surface area contributed by atoms with Crippen LogP contribution >= 0.6 is 0 Å². The summed E-state index contributed by atoms with van der Waals surface area (Å²) in [7, 11) is 0. The zero-order chi connectivity index (χ0) is 18.0. The molecule has 1 aliphatic rings. The Morgan fingerprint density at radius 2 is 2.00 bits per heavy atom. The van der Waals surface area contributed by atoms with Crippen molar-refractivity contribution in [2.45, 2.75) is 31.5 Å². The van der Waals surface area contributed by atoms with Crippen molar-refractivity contribution in [1.82, 2.24) is 19.9 Å². The number of carbonyl (C=O) groups excluding carboxylic acids is 1. The molecule has 0 radical (unpaired) electrons. The highest BCUT2D eigenvalue weighted by Crippen LogP contribution is 2.34. The average Bonchev–Trinajstić information content (AvgIpc) is 3.04. The number of nitrogens with two attached hydrogens (primary N) is 1. The predicted molar refractivity (Wildman–Crippen MR) is 82.4 cm³/mol. The second-order valence-electron chi connectivity index (χ2n) is 5.68. The van der Waals surface area contributed by atoms with Gasteiger partial charge in [-0.2, -0.15) is 13.2 Å². The molecule has 0 saturated carbocycles. The fraction of sp³-hybridized carbons (Fsp3) is 0.400. The maximum atomic E-state index is 13.0. The van der Waals surface area contributed by atoms with E-state index < -0.39 is 18.1 Å². The molecule has 0 bridgehead atoms. The molecule has 1 amide bonds. The van der Waals surface area contributed by atoms with Gasteiger partial charge < -0.3 is 10.6 Å². The first-order valence-corrected chi connectivity index (χ1v) is 7.60. The molecule has 2 aromatic rings. The summed E-state index contributed by atoms with van der Waals surface area (Å²) in [6.45, 7) is 0.258. The average molecular weight is 352 g/mol. The smallest absolute Gasteiger partial charge is 0.369 e. The van der Waals surface area contributed by atoms with Crippen molar-refractivity contribution in [2.75, 3.05) is 11.4 Å². The highest BCUT2D eigenvalue weighted by molar-refractivity contribution is 5.76. The van der Waals surface area contributed by atoms with E-state index in [2.05, 4.69) is 19.9 Å². The quantitative estimate of drug-likeness (QED) is 0.895. The van der Waals surface area contributed by atoms with Crippen LogP contribution in [0, 0.1) is 0 Å². The molecule has 2 aromatic heterocycles. The van der Waals surface area contributed by atoms with Crippen LogP contribution in [0.2, 0.25) is 0 Å². The summed E-state index contributed by atoms with van der Waals surface area (Å²) in [5.74, 6) is -0.223. The van der Waals surface area contributed by atoms with Gasteiger partial charge in [-0.25, -0.2) is 19.9 Å². The minimum atomic E-state index is -4.31. The van der Waals surface area contributed by atoms with Crippen LogP contribution in [0.5, 0.6) is 0 Å². The van der Waals surface area contributed by atoms with Gasteiger partial charge in [-0.3, -0.25) is 4.79 Å². The number of amides is 1. The van der Waals surface area contributed by atoms with Gasteiger partial charge in [0.1, 0.15) is 6.04 Å². The van der Waals surface area contributed by atoms with Gasteiger partial charge in [0.05, 0.1) is 17.7 Å². The van der Waals surface area contributed by atoms with E-state index in [1.165, 1.54) is 18.6 Å². The number of alkyl halides is 3. The van der Waals surface area contributed by atoms with E-state index >= 15 is 0 Å². The summed E-state index contributed by atoms with van der Waals surface area (Å²) in [6, 6.07) is -0.00439. The van der Waals surface area contributed by atoms with E-state index in [4.69, 9.17) is 5.73 Å². The number of hydrogen-bond donors (Lipinski definition) is 1. The van der Waals surface area contributed by atoms with Crippen LogP contribution in [0.15, 0.2) is 24.7 Å². The number of hydrogen-bond acceptors (Lipinski definition) is 6. The van der Waals surface area contributed by atoms with Gasteiger partial charge in [-0.15, -0.1) is 0 Å². The number of nitrogens with zero attached hydrogens (tertiary/aromatic N) is 5. The summed E-state index contributed by atoms with van der Waals surface area (Å²) in [6.07, 6.45) is 0.338. The van der Waals surface area contributed by atoms with E-state index in [0.29, 0.717) is 17.7 Å². The van der Waals surface area contributed by atoms with Gasteiger partial charge in [-0.1, -0.05) is 0 Å². The molecule has 3 rings (SSSR count). The van der Waals surface area contributed by atoms with E-state index in [9.17, 15) is 18.0 Å². The Bertz CT molecular complexity index is 765. The summed E-state index contributed by atoms with van der Waals surface area (Å²) < 4.78 is 39.1. The van der Waals surface area contributed by atoms with Crippen LogP contribution in [0.4, 0.5) is 19.1 Å². The van der Waals surface area contributed by atoms with Crippen molar-refractivity contribution in [3.63, 3.8) is 0 Å². The Morgan fingerprint density at radius 3 is 2.64 bits per heavy atom. The van der Waals surface area contributed by atoms with Crippen LogP contribution in [0.3, 0.4) is 0 Å². The lowest BCUT2D eigenvalue weighted by molar-refractivity contribution is -0.146. The van der Waals surface area contributed by atoms with Crippen LogP contribution in [-0.4, -0.2) is 44.6 Å². The summed E-state index contributed by atoms with van der Waals surface area (Å²) in [5, 5.41) is 0. The molecule has 0 aromatic carbocycles. The topological polar surface area (TPSA) is 97.9 Å². The molecule has 3 heterocycles. The molecule has 1 atom stereocenters. The number of primary amides is 1. The minimum Gasteiger partial charge on any atom is -0.369 e. The Balaban J connectivity index is 1.82. The molecular formula is C15H15F3N6O. The number of halogens is 3. The van der Waals surface area contributed by atoms with Gasteiger partial charge in [-0.05, 0) is 18.9 Å². The summed E-state index contributed by atoms with van der Waals surface area (Å²) in [5.41, 5.74) is 6.01. The fourth-order valence-corrected chi connectivity index (χ4v) is 2.74. The molecule has 1 unspecified atom stereocenters. The molecule has 0 spiro atoms. The molecule has 1 saturated heterocycles. The van der Waals surface area contributed by atoms with Crippen molar-refractivity contribution in [3.8, 4) is 11.4 Å². The summed E-state index contributed by atoms with van der Waals surface area (Å²) >= 11 is 0. The van der Waals surface area contributed by atoms with Crippen LogP contribution in [0.1, 0.15) is 18.5 Å². The molecule has 10 heteroatoms. The Labute approximate surface area is 141 Å². The van der Waals surface area contributed by atoms with Gasteiger partial charge in [0, 0.05) is 25.1 Å². The molecule has 132 valence electrons. The maximum absolute atomic E-state index is 13.0. The van der Waals surface area contributed by atoms with Gasteiger partial charge in [0.15, 0.2) is 5.82 Å². The highest BCUT2D eigenvalue weighted by atomic mass is 19.4. The zero-order valence-corrected chi connectivity index (χ0v) is 13.1. The molecule has 0 aliphatic carbocycles. The second kappa shape index (κ2) is 6.61. The third-order valence-electron chi connectivity index (χ3n) is 3.85. The first kappa shape index (κ1) is 17.1. The first-order chi connectivity index (χ1) is 11.8. The van der Waals surface area contributed by atoms with Gasteiger partial charge in [0.2, 0.25) is 11.9 Å². The highest BCUT2D eigenvalue weighted by Gasteiger charge is 2.46. The number of anilines is 1. The molecule has 1 fully saturated rings. The molecular weight excluding hydrogens is 337 g/mol. The zero-order valence-electron chi connectivity index (χ0n) is 13.1. The molecule has 2 N–H and O–H groups in total. The number of carbonyl (C=O) groups is 1. The fourth-order valence-electron chi connectivity index (χ4n) is 2.74. The van der Waals surface area contributed by atoms with E-state index in [1.54, 1.807) is 6.07 Å². The lowest BCUT2D eigenvalue weighted by Gasteiger charge is -2.26. The predicted octanol–water partition coefficient (Wildman–Crippen LogP) is 1.49. The van der Waals surface area contributed by atoms with Crippen molar-refractivity contribution in [3.05, 3.63) is 30.4 Å². The first-order valence-electron chi connectivity index (χ1n) is 7.60. The van der Waals surface area contributed by atoms with Crippen molar-refractivity contribution in [1.29, 1.82) is 0 Å². The standard InChI is InChI=1S/C15H15F3N6O/c16-15(17,18)11-2-1-5-24(11)14-21-7-9(8-22-14)13-20-4-3-10(23-13)6-12(19)25/h3-4,7-8,11H,1-2,5-6H2,(H2,19,25). The molecule has 1 aliphatic heterocycles. The third-order valence-corrected chi connectivity index (χ3v) is 3.85. The third kappa shape index (κ3) is 3.83. The SMILES string of the molecule is NC(=O)Cc1ccnc(-c2cnc(N3CCCC3C(F)(F)F)nc2)n1. The molecule has 7 nitrogen and oxygen atoms in total. The Morgan fingerprint density at radius 1 is 1.28 bits per heavy atom. The van der Waals surface area contributed by atoms with Crippen LogP contribution in [-0.2, 0) is 11.2 Å².